The highest BCUT2D eigenvalue weighted by Gasteiger charge is 2.27. The Balaban J connectivity index is 2.47. The summed E-state index contributed by atoms with van der Waals surface area (Å²) in [7, 11) is -2.92. The van der Waals surface area contributed by atoms with E-state index in [9.17, 15) is 8.42 Å². The SMILES string of the molecule is O=S1(=O)CCc2onc(CBr)c2C1. The number of fused-ring (bicyclic) bond motifs is 1. The summed E-state index contributed by atoms with van der Waals surface area (Å²) < 4.78 is 27.6. The zero-order valence-electron chi connectivity index (χ0n) is 6.79. The number of hydrogen-bond donors (Lipinski definition) is 0. The van der Waals surface area contributed by atoms with Crippen molar-refractivity contribution in [3.8, 4) is 0 Å². The Hall–Kier alpha value is -0.360. The summed E-state index contributed by atoms with van der Waals surface area (Å²) in [6.45, 7) is 0. The van der Waals surface area contributed by atoms with Gasteiger partial charge in [-0.05, 0) is 0 Å². The molecule has 0 amide bonds. The molecule has 6 heteroatoms. The molecule has 0 aromatic carbocycles. The molecule has 2 rings (SSSR count). The summed E-state index contributed by atoms with van der Waals surface area (Å²) in [4.78, 5) is 0. The summed E-state index contributed by atoms with van der Waals surface area (Å²) in [5, 5.41) is 4.34. The summed E-state index contributed by atoms with van der Waals surface area (Å²) in [6, 6.07) is 0. The predicted molar refractivity (Wildman–Crippen MR) is 50.3 cm³/mol. The smallest absolute Gasteiger partial charge is 0.155 e. The topological polar surface area (TPSA) is 60.2 Å². The van der Waals surface area contributed by atoms with Gasteiger partial charge in [0.1, 0.15) is 5.76 Å². The van der Waals surface area contributed by atoms with E-state index in [0.29, 0.717) is 17.4 Å². The number of aromatic nitrogens is 1. The van der Waals surface area contributed by atoms with Gasteiger partial charge in [0.25, 0.3) is 0 Å². The molecule has 0 N–H and O–H groups in total. The van der Waals surface area contributed by atoms with Gasteiger partial charge in [0, 0.05) is 17.3 Å². The minimum atomic E-state index is -2.92. The van der Waals surface area contributed by atoms with Crippen molar-refractivity contribution in [3.05, 3.63) is 17.0 Å². The van der Waals surface area contributed by atoms with Gasteiger partial charge in [-0.3, -0.25) is 0 Å². The van der Waals surface area contributed by atoms with Gasteiger partial charge in [-0.15, -0.1) is 0 Å². The fraction of sp³-hybridized carbons (Fsp3) is 0.571. The highest BCUT2D eigenvalue weighted by molar-refractivity contribution is 9.08. The standard InChI is InChI=1S/C7H8BrNO3S/c8-3-6-5-4-13(10,11)2-1-7(5)12-9-6/h1-4H2. The molecule has 1 aliphatic rings. The summed E-state index contributed by atoms with van der Waals surface area (Å²) in [5.74, 6) is 0.980. The quantitative estimate of drug-likeness (QED) is 0.712. The van der Waals surface area contributed by atoms with Crippen molar-refractivity contribution < 1.29 is 12.9 Å². The maximum absolute atomic E-state index is 11.3. The molecule has 0 aliphatic carbocycles. The molecule has 0 bridgehead atoms. The third-order valence-corrected chi connectivity index (χ3v) is 4.17. The highest BCUT2D eigenvalue weighted by atomic mass is 79.9. The molecule has 0 radical (unpaired) electrons. The second-order valence-electron chi connectivity index (χ2n) is 3.01. The summed E-state index contributed by atoms with van der Waals surface area (Å²) in [5.41, 5.74) is 1.46. The zero-order valence-corrected chi connectivity index (χ0v) is 9.19. The van der Waals surface area contributed by atoms with E-state index in [2.05, 4.69) is 21.1 Å². The average molecular weight is 266 g/mol. The summed E-state index contributed by atoms with van der Waals surface area (Å²) >= 11 is 3.24. The Morgan fingerprint density at radius 2 is 2.31 bits per heavy atom. The van der Waals surface area contributed by atoms with E-state index in [0.717, 1.165) is 11.3 Å². The molecule has 0 spiro atoms. The molecule has 2 heterocycles. The van der Waals surface area contributed by atoms with Crippen molar-refractivity contribution in [1.82, 2.24) is 5.16 Å². The van der Waals surface area contributed by atoms with Crippen molar-refractivity contribution in [2.45, 2.75) is 17.5 Å². The molecule has 1 aromatic rings. The first kappa shape index (κ1) is 9.21. The van der Waals surface area contributed by atoms with Crippen LogP contribution in [0.3, 0.4) is 0 Å². The van der Waals surface area contributed by atoms with E-state index >= 15 is 0 Å². The van der Waals surface area contributed by atoms with E-state index in [1.807, 2.05) is 0 Å². The number of halogens is 1. The molecule has 0 saturated heterocycles. The number of hydrogen-bond acceptors (Lipinski definition) is 4. The molecule has 0 unspecified atom stereocenters. The van der Waals surface area contributed by atoms with Gasteiger partial charge in [0.15, 0.2) is 9.84 Å². The van der Waals surface area contributed by atoms with Crippen LogP contribution in [0.15, 0.2) is 4.52 Å². The Kier molecular flexibility index (Phi) is 2.19. The number of aryl methyl sites for hydroxylation is 1. The minimum absolute atomic E-state index is 0.0762. The third-order valence-electron chi connectivity index (χ3n) is 2.08. The van der Waals surface area contributed by atoms with Crippen LogP contribution in [-0.2, 0) is 27.3 Å². The number of alkyl halides is 1. The normalized spacial score (nSPS) is 19.8. The molecular weight excluding hydrogens is 258 g/mol. The van der Waals surface area contributed by atoms with Crippen LogP contribution in [0.1, 0.15) is 17.0 Å². The van der Waals surface area contributed by atoms with E-state index in [-0.39, 0.29) is 11.5 Å². The second kappa shape index (κ2) is 3.09. The molecule has 0 saturated carbocycles. The largest absolute Gasteiger partial charge is 0.361 e. The van der Waals surface area contributed by atoms with Gasteiger partial charge in [0.2, 0.25) is 0 Å². The van der Waals surface area contributed by atoms with Gasteiger partial charge >= 0.3 is 0 Å². The van der Waals surface area contributed by atoms with Crippen molar-refractivity contribution in [2.75, 3.05) is 5.75 Å². The molecule has 1 aliphatic heterocycles. The Morgan fingerprint density at radius 3 is 3.00 bits per heavy atom. The molecule has 13 heavy (non-hydrogen) atoms. The third kappa shape index (κ3) is 1.65. The highest BCUT2D eigenvalue weighted by Crippen LogP contribution is 2.24. The van der Waals surface area contributed by atoms with Crippen LogP contribution >= 0.6 is 15.9 Å². The lowest BCUT2D eigenvalue weighted by atomic mass is 10.2. The van der Waals surface area contributed by atoms with Gasteiger partial charge in [0.05, 0.1) is 17.2 Å². The van der Waals surface area contributed by atoms with E-state index in [1.54, 1.807) is 0 Å². The van der Waals surface area contributed by atoms with Gasteiger partial charge in [-0.1, -0.05) is 21.1 Å². The van der Waals surface area contributed by atoms with E-state index in [1.165, 1.54) is 0 Å². The number of nitrogens with zero attached hydrogens (tertiary/aromatic N) is 1. The molecule has 0 atom stereocenters. The van der Waals surface area contributed by atoms with E-state index in [4.69, 9.17) is 4.52 Å². The maximum atomic E-state index is 11.3. The van der Waals surface area contributed by atoms with Crippen LogP contribution in [0.5, 0.6) is 0 Å². The lowest BCUT2D eigenvalue weighted by Crippen LogP contribution is -2.18. The average Bonchev–Trinajstić information content (AvgIpc) is 2.44. The first-order valence-corrected chi connectivity index (χ1v) is 6.79. The van der Waals surface area contributed by atoms with E-state index < -0.39 is 9.84 Å². The van der Waals surface area contributed by atoms with Crippen LogP contribution in [0.2, 0.25) is 0 Å². The molecule has 1 aromatic heterocycles. The van der Waals surface area contributed by atoms with Gasteiger partial charge in [-0.2, -0.15) is 0 Å². The lowest BCUT2D eigenvalue weighted by Gasteiger charge is -2.09. The first-order chi connectivity index (χ1) is 6.12. The van der Waals surface area contributed by atoms with Gasteiger partial charge < -0.3 is 4.52 Å². The predicted octanol–water partition coefficient (Wildman–Crippen LogP) is 1.04. The van der Waals surface area contributed by atoms with Crippen LogP contribution in [0.4, 0.5) is 0 Å². The first-order valence-electron chi connectivity index (χ1n) is 3.85. The Bertz CT molecular complexity index is 409. The Morgan fingerprint density at radius 1 is 1.54 bits per heavy atom. The number of rotatable bonds is 1. The second-order valence-corrected chi connectivity index (χ2v) is 5.75. The van der Waals surface area contributed by atoms with Crippen molar-refractivity contribution in [1.29, 1.82) is 0 Å². The van der Waals surface area contributed by atoms with Crippen LogP contribution < -0.4 is 0 Å². The lowest BCUT2D eigenvalue weighted by molar-refractivity contribution is 0.380. The fourth-order valence-electron chi connectivity index (χ4n) is 1.39. The van der Waals surface area contributed by atoms with Gasteiger partial charge in [-0.25, -0.2) is 8.42 Å². The molecule has 4 nitrogen and oxygen atoms in total. The monoisotopic (exact) mass is 265 g/mol. The Labute approximate surface area is 84.3 Å². The zero-order chi connectivity index (χ0) is 9.47. The van der Waals surface area contributed by atoms with Crippen LogP contribution in [-0.4, -0.2) is 19.3 Å². The van der Waals surface area contributed by atoms with Crippen molar-refractivity contribution >= 4 is 25.8 Å². The summed E-state index contributed by atoms with van der Waals surface area (Å²) in [6.07, 6.45) is 0.456. The van der Waals surface area contributed by atoms with Crippen molar-refractivity contribution in [3.63, 3.8) is 0 Å². The fourth-order valence-corrected chi connectivity index (χ4v) is 3.24. The van der Waals surface area contributed by atoms with Crippen LogP contribution in [0.25, 0.3) is 0 Å². The molecule has 72 valence electrons. The van der Waals surface area contributed by atoms with Crippen molar-refractivity contribution in [2.24, 2.45) is 0 Å². The molecular formula is C7H8BrNO3S. The van der Waals surface area contributed by atoms with Crippen LogP contribution in [0, 0.1) is 0 Å². The molecule has 0 fully saturated rings. The number of sulfone groups is 1. The maximum Gasteiger partial charge on any atom is 0.155 e. The minimum Gasteiger partial charge on any atom is -0.361 e.